The summed E-state index contributed by atoms with van der Waals surface area (Å²) in [4.78, 5) is 0. The number of benzene rings is 3. The van der Waals surface area contributed by atoms with Crippen LogP contribution in [0.4, 0.5) is 17.1 Å². The van der Waals surface area contributed by atoms with Crippen LogP contribution in [-0.4, -0.2) is 10.5 Å². The summed E-state index contributed by atoms with van der Waals surface area (Å²) in [6.45, 7) is 16.0. The number of hydrogen-bond donors (Lipinski definition) is 2. The van der Waals surface area contributed by atoms with Gasteiger partial charge in [-0.05, 0) is 52.1 Å². The molecule has 3 aromatic carbocycles. The molecule has 0 radical (unpaired) electrons. The molecule has 0 aromatic heterocycles. The Labute approximate surface area is 198 Å². The topological polar surface area (TPSA) is 38.7 Å². The molecular formula is C29H37N3O. The van der Waals surface area contributed by atoms with Gasteiger partial charge in [0.25, 0.3) is 0 Å². The molecule has 0 unspecified atom stereocenters. The van der Waals surface area contributed by atoms with Crippen molar-refractivity contribution in [2.45, 2.75) is 65.7 Å². The van der Waals surface area contributed by atoms with E-state index >= 15 is 0 Å². The van der Waals surface area contributed by atoms with E-state index in [0.29, 0.717) is 0 Å². The molecule has 1 aliphatic rings. The summed E-state index contributed by atoms with van der Waals surface area (Å²) in [6.07, 6.45) is 1.05. The molecule has 33 heavy (non-hydrogen) atoms. The molecule has 1 heterocycles. The summed E-state index contributed by atoms with van der Waals surface area (Å²) in [6, 6.07) is 25.3. The third kappa shape index (κ3) is 4.50. The first-order valence-corrected chi connectivity index (χ1v) is 11.8. The Morgan fingerprint density at radius 3 is 2.03 bits per heavy atom. The molecular weight excluding hydrogens is 406 g/mol. The molecule has 0 saturated carbocycles. The van der Waals surface area contributed by atoms with Gasteiger partial charge in [-0.3, -0.25) is 10.6 Å². The van der Waals surface area contributed by atoms with E-state index in [2.05, 4.69) is 102 Å². The van der Waals surface area contributed by atoms with Gasteiger partial charge in [0.05, 0.1) is 17.1 Å². The van der Waals surface area contributed by atoms with Gasteiger partial charge in [0, 0.05) is 10.7 Å². The standard InChI is InChI=1S/C29H37N3O/c1-27(2,3)20-28(4,5)22-17-18-23(29(6,7)21-13-9-8-10-14-21)26(19-22)31-25-16-12-11-15-24(25)30-32(31)33/h8-19,30,33H,20H2,1-7H3. The third-order valence-electron chi connectivity index (χ3n) is 6.69. The van der Waals surface area contributed by atoms with Crippen LogP contribution in [0.2, 0.25) is 0 Å². The van der Waals surface area contributed by atoms with Crippen LogP contribution in [-0.2, 0) is 10.8 Å². The zero-order valence-corrected chi connectivity index (χ0v) is 21.0. The maximum Gasteiger partial charge on any atom is 0.0868 e. The zero-order chi connectivity index (χ0) is 24.0. The van der Waals surface area contributed by atoms with E-state index in [1.54, 1.807) is 0 Å². The van der Waals surface area contributed by atoms with Crippen LogP contribution in [0, 0.1) is 5.41 Å². The number of fused-ring (bicyclic) bond motifs is 1. The SMILES string of the molecule is CC(C)(C)CC(C)(C)c1ccc(C(C)(C)c2ccccc2)c(N2c3ccccc3NN2O)c1. The number of rotatable bonds is 5. The molecule has 174 valence electrons. The minimum atomic E-state index is -0.262. The first kappa shape index (κ1) is 23.3. The summed E-state index contributed by atoms with van der Waals surface area (Å²) >= 11 is 0. The second kappa shape index (κ2) is 8.19. The molecule has 2 N–H and O–H groups in total. The average molecular weight is 444 g/mol. The van der Waals surface area contributed by atoms with Crippen LogP contribution in [0.3, 0.4) is 0 Å². The van der Waals surface area contributed by atoms with E-state index in [9.17, 15) is 5.21 Å². The van der Waals surface area contributed by atoms with Gasteiger partial charge in [0.2, 0.25) is 0 Å². The number of nitrogens with one attached hydrogen (secondary N) is 1. The van der Waals surface area contributed by atoms with Gasteiger partial charge in [-0.25, -0.2) is 5.01 Å². The summed E-state index contributed by atoms with van der Waals surface area (Å²) in [5.41, 5.74) is 9.43. The Morgan fingerprint density at radius 2 is 1.36 bits per heavy atom. The van der Waals surface area contributed by atoms with Crippen molar-refractivity contribution >= 4 is 17.1 Å². The van der Waals surface area contributed by atoms with Gasteiger partial charge in [0.1, 0.15) is 0 Å². The monoisotopic (exact) mass is 443 g/mol. The highest BCUT2D eigenvalue weighted by Gasteiger charge is 2.36. The van der Waals surface area contributed by atoms with E-state index in [0.717, 1.165) is 34.3 Å². The van der Waals surface area contributed by atoms with E-state index < -0.39 is 0 Å². The van der Waals surface area contributed by atoms with Crippen LogP contribution in [0.25, 0.3) is 0 Å². The lowest BCUT2D eigenvalue weighted by Crippen LogP contribution is -2.37. The molecule has 1 aliphatic heterocycles. The Morgan fingerprint density at radius 1 is 0.727 bits per heavy atom. The van der Waals surface area contributed by atoms with Crippen molar-refractivity contribution < 1.29 is 5.21 Å². The second-order valence-electron chi connectivity index (χ2n) is 11.6. The minimum Gasteiger partial charge on any atom is -0.276 e. The Kier molecular flexibility index (Phi) is 5.80. The molecule has 3 aromatic rings. The first-order valence-electron chi connectivity index (χ1n) is 11.8. The van der Waals surface area contributed by atoms with Crippen molar-refractivity contribution in [3.8, 4) is 0 Å². The van der Waals surface area contributed by atoms with E-state index in [4.69, 9.17) is 0 Å². The highest BCUT2D eigenvalue weighted by molar-refractivity contribution is 5.81. The molecule has 0 bridgehead atoms. The molecule has 0 saturated heterocycles. The van der Waals surface area contributed by atoms with Crippen molar-refractivity contribution in [2.24, 2.45) is 5.41 Å². The van der Waals surface area contributed by atoms with E-state index in [1.165, 1.54) is 11.1 Å². The Hall–Kier alpha value is -2.82. The molecule has 4 nitrogen and oxygen atoms in total. The first-order chi connectivity index (χ1) is 15.4. The van der Waals surface area contributed by atoms with Gasteiger partial charge in [-0.1, -0.05) is 103 Å². The summed E-state index contributed by atoms with van der Waals surface area (Å²) in [7, 11) is 0. The molecule has 4 rings (SSSR count). The summed E-state index contributed by atoms with van der Waals surface area (Å²) in [5, 5.41) is 13.9. The largest absolute Gasteiger partial charge is 0.276 e. The van der Waals surface area contributed by atoms with Crippen molar-refractivity contribution in [2.75, 3.05) is 10.4 Å². The lowest BCUT2D eigenvalue weighted by atomic mass is 9.70. The fourth-order valence-corrected chi connectivity index (χ4v) is 5.34. The van der Waals surface area contributed by atoms with Crippen LogP contribution in [0.5, 0.6) is 0 Å². The second-order valence-corrected chi connectivity index (χ2v) is 11.6. The highest BCUT2D eigenvalue weighted by Crippen LogP contribution is 2.47. The van der Waals surface area contributed by atoms with E-state index in [1.807, 2.05) is 29.3 Å². The predicted molar refractivity (Wildman–Crippen MR) is 138 cm³/mol. The van der Waals surface area contributed by atoms with Crippen molar-refractivity contribution in [1.82, 2.24) is 5.28 Å². The molecule has 0 fully saturated rings. The van der Waals surface area contributed by atoms with Gasteiger partial charge in [0.15, 0.2) is 0 Å². The Bertz CT molecular complexity index is 1130. The number of nitrogens with zero attached hydrogens (tertiary/aromatic N) is 2. The minimum absolute atomic E-state index is 0.0185. The van der Waals surface area contributed by atoms with Gasteiger partial charge < -0.3 is 0 Å². The summed E-state index contributed by atoms with van der Waals surface area (Å²) < 4.78 is 0. The predicted octanol–water partition coefficient (Wildman–Crippen LogP) is 7.81. The molecule has 4 heteroatoms. The van der Waals surface area contributed by atoms with Crippen LogP contribution < -0.4 is 10.4 Å². The fourth-order valence-electron chi connectivity index (χ4n) is 5.34. The fraction of sp³-hybridized carbons (Fsp3) is 0.379. The maximum absolute atomic E-state index is 11.0. The Balaban J connectivity index is 1.91. The van der Waals surface area contributed by atoms with Gasteiger partial charge in [-0.2, -0.15) is 0 Å². The lowest BCUT2D eigenvalue weighted by molar-refractivity contribution is -0.0597. The van der Waals surface area contributed by atoms with Gasteiger partial charge in [-0.15, -0.1) is 0 Å². The maximum atomic E-state index is 11.0. The average Bonchev–Trinajstić information content (AvgIpc) is 3.08. The van der Waals surface area contributed by atoms with Crippen LogP contribution >= 0.6 is 0 Å². The van der Waals surface area contributed by atoms with Crippen molar-refractivity contribution in [3.63, 3.8) is 0 Å². The molecule has 0 aliphatic carbocycles. The summed E-state index contributed by atoms with van der Waals surface area (Å²) in [5.74, 6) is 0. The molecule has 0 amide bonds. The number of para-hydroxylation sites is 2. The quantitative estimate of drug-likeness (QED) is 0.422. The third-order valence-corrected chi connectivity index (χ3v) is 6.69. The van der Waals surface area contributed by atoms with E-state index in [-0.39, 0.29) is 16.2 Å². The molecule has 0 spiro atoms. The smallest absolute Gasteiger partial charge is 0.0868 e. The number of anilines is 3. The lowest BCUT2D eigenvalue weighted by Gasteiger charge is -2.37. The van der Waals surface area contributed by atoms with Crippen LogP contribution in [0.1, 0.15) is 71.6 Å². The van der Waals surface area contributed by atoms with Crippen LogP contribution in [0.15, 0.2) is 72.8 Å². The molecule has 0 atom stereocenters. The normalized spacial score (nSPS) is 14.8. The number of hydrogen-bond acceptors (Lipinski definition) is 4. The van der Waals surface area contributed by atoms with Crippen molar-refractivity contribution in [3.05, 3.63) is 89.5 Å². The van der Waals surface area contributed by atoms with Crippen molar-refractivity contribution in [1.29, 1.82) is 0 Å². The highest BCUT2D eigenvalue weighted by atomic mass is 16.6. The van der Waals surface area contributed by atoms with Gasteiger partial charge >= 0.3 is 0 Å². The zero-order valence-electron chi connectivity index (χ0n) is 21.0. The number of hydrazine groups is 2.